The van der Waals surface area contributed by atoms with Crippen LogP contribution in [0.2, 0.25) is 0 Å². The van der Waals surface area contributed by atoms with E-state index in [0.29, 0.717) is 0 Å². The summed E-state index contributed by atoms with van der Waals surface area (Å²) in [6.45, 7) is 10.7. The van der Waals surface area contributed by atoms with Crippen molar-refractivity contribution in [1.29, 1.82) is 0 Å². The second-order valence-corrected chi connectivity index (χ2v) is 7.65. The Labute approximate surface area is 137 Å². The van der Waals surface area contributed by atoms with E-state index in [0.717, 1.165) is 0 Å². The molecule has 1 aliphatic rings. The number of methoxy groups -OCH3 is 1. The highest BCUT2D eigenvalue weighted by atomic mass is 16.6. The van der Waals surface area contributed by atoms with Crippen LogP contribution in [0, 0.1) is 11.8 Å². The molecule has 0 aliphatic carbocycles. The first-order chi connectivity index (χ1) is 10.3. The van der Waals surface area contributed by atoms with Crippen LogP contribution in [0.3, 0.4) is 0 Å². The van der Waals surface area contributed by atoms with Gasteiger partial charge in [-0.3, -0.25) is 9.59 Å². The SMILES string of the molecule is COC(=O)[C@H]1CN(C(=O)OC(C)(C)C)C[C@@H]1C(=O)OC(C)(C)C. The van der Waals surface area contributed by atoms with Crippen LogP contribution in [-0.2, 0) is 23.8 Å². The van der Waals surface area contributed by atoms with E-state index in [1.807, 2.05) is 0 Å². The van der Waals surface area contributed by atoms with Gasteiger partial charge < -0.3 is 19.1 Å². The molecule has 0 aromatic rings. The van der Waals surface area contributed by atoms with E-state index in [1.165, 1.54) is 12.0 Å². The number of likely N-dealkylation sites (tertiary alicyclic amines) is 1. The van der Waals surface area contributed by atoms with Crippen LogP contribution in [0.25, 0.3) is 0 Å². The summed E-state index contributed by atoms with van der Waals surface area (Å²) in [6.07, 6.45) is -0.558. The largest absolute Gasteiger partial charge is 0.469 e. The quantitative estimate of drug-likeness (QED) is 0.569. The van der Waals surface area contributed by atoms with Gasteiger partial charge in [0.15, 0.2) is 0 Å². The van der Waals surface area contributed by atoms with Crippen LogP contribution in [0.15, 0.2) is 0 Å². The third-order valence-corrected chi connectivity index (χ3v) is 3.19. The maximum absolute atomic E-state index is 12.3. The zero-order valence-electron chi connectivity index (χ0n) is 15.0. The van der Waals surface area contributed by atoms with E-state index < -0.39 is 41.1 Å². The van der Waals surface area contributed by atoms with E-state index >= 15 is 0 Å². The van der Waals surface area contributed by atoms with Crippen molar-refractivity contribution in [1.82, 2.24) is 4.90 Å². The van der Waals surface area contributed by atoms with Gasteiger partial charge in [0.1, 0.15) is 11.2 Å². The highest BCUT2D eigenvalue weighted by molar-refractivity contribution is 5.85. The molecule has 7 nitrogen and oxygen atoms in total. The highest BCUT2D eigenvalue weighted by Gasteiger charge is 2.46. The number of hydrogen-bond donors (Lipinski definition) is 0. The third kappa shape index (κ3) is 5.73. The summed E-state index contributed by atoms with van der Waals surface area (Å²) in [5, 5.41) is 0. The standard InChI is InChI=1S/C16H27NO6/c1-15(2,3)22-13(19)11-9-17(8-10(11)12(18)21-7)14(20)23-16(4,5)6/h10-11H,8-9H2,1-7H3/t10-,11-/m0/s1. The number of hydrogen-bond acceptors (Lipinski definition) is 6. The Bertz CT molecular complexity index is 474. The molecule has 0 aromatic heterocycles. The number of carbonyl (C=O) groups excluding carboxylic acids is 3. The summed E-state index contributed by atoms with van der Waals surface area (Å²) in [7, 11) is 1.25. The first kappa shape index (κ1) is 19.3. The summed E-state index contributed by atoms with van der Waals surface area (Å²) >= 11 is 0. The molecule has 0 radical (unpaired) electrons. The molecule has 1 amide bonds. The lowest BCUT2D eigenvalue weighted by Gasteiger charge is -2.25. The molecule has 0 aromatic carbocycles. The molecular weight excluding hydrogens is 302 g/mol. The van der Waals surface area contributed by atoms with Crippen molar-refractivity contribution in [3.63, 3.8) is 0 Å². The Hall–Kier alpha value is -1.79. The van der Waals surface area contributed by atoms with Gasteiger partial charge in [0.05, 0.1) is 18.9 Å². The summed E-state index contributed by atoms with van der Waals surface area (Å²) < 4.78 is 15.4. The number of nitrogens with zero attached hydrogens (tertiary/aromatic N) is 1. The maximum Gasteiger partial charge on any atom is 0.410 e. The van der Waals surface area contributed by atoms with E-state index in [-0.39, 0.29) is 13.1 Å². The average Bonchev–Trinajstić information content (AvgIpc) is 2.78. The minimum absolute atomic E-state index is 0.0730. The molecule has 1 saturated heterocycles. The minimum atomic E-state index is -0.755. The molecule has 0 bridgehead atoms. The first-order valence-electron chi connectivity index (χ1n) is 7.62. The Morgan fingerprint density at radius 3 is 1.65 bits per heavy atom. The maximum atomic E-state index is 12.3. The Kier molecular flexibility index (Phi) is 5.66. The fourth-order valence-corrected chi connectivity index (χ4v) is 2.29. The molecule has 1 fully saturated rings. The van der Waals surface area contributed by atoms with Gasteiger partial charge in [-0.2, -0.15) is 0 Å². The minimum Gasteiger partial charge on any atom is -0.469 e. The van der Waals surface area contributed by atoms with E-state index in [4.69, 9.17) is 14.2 Å². The lowest BCUT2D eigenvalue weighted by molar-refractivity contribution is -0.165. The second-order valence-electron chi connectivity index (χ2n) is 7.65. The first-order valence-corrected chi connectivity index (χ1v) is 7.62. The molecule has 1 aliphatic heterocycles. The molecular formula is C16H27NO6. The second kappa shape index (κ2) is 6.76. The van der Waals surface area contributed by atoms with Gasteiger partial charge in [0.25, 0.3) is 0 Å². The van der Waals surface area contributed by atoms with E-state index in [1.54, 1.807) is 41.5 Å². The van der Waals surface area contributed by atoms with Crippen LogP contribution in [0.1, 0.15) is 41.5 Å². The van der Waals surface area contributed by atoms with E-state index in [9.17, 15) is 14.4 Å². The van der Waals surface area contributed by atoms with Crippen LogP contribution in [0.5, 0.6) is 0 Å². The number of esters is 2. The molecule has 23 heavy (non-hydrogen) atoms. The molecule has 1 rings (SSSR count). The number of carbonyl (C=O) groups is 3. The molecule has 132 valence electrons. The zero-order chi connectivity index (χ0) is 18.0. The van der Waals surface area contributed by atoms with Crippen molar-refractivity contribution >= 4 is 18.0 Å². The molecule has 0 N–H and O–H groups in total. The van der Waals surface area contributed by atoms with Crippen molar-refractivity contribution in [2.45, 2.75) is 52.7 Å². The molecule has 2 atom stereocenters. The van der Waals surface area contributed by atoms with Gasteiger partial charge in [0.2, 0.25) is 0 Å². The summed E-state index contributed by atoms with van der Waals surface area (Å²) in [5.41, 5.74) is -1.32. The number of rotatable bonds is 2. The van der Waals surface area contributed by atoms with Gasteiger partial charge in [0, 0.05) is 13.1 Å². The lowest BCUT2D eigenvalue weighted by Crippen LogP contribution is -2.36. The zero-order valence-corrected chi connectivity index (χ0v) is 15.0. The van der Waals surface area contributed by atoms with Gasteiger partial charge in [-0.15, -0.1) is 0 Å². The summed E-state index contributed by atoms with van der Waals surface area (Å²) in [6, 6.07) is 0. The molecule has 0 unspecified atom stereocenters. The fraction of sp³-hybridized carbons (Fsp3) is 0.812. The Morgan fingerprint density at radius 1 is 0.826 bits per heavy atom. The van der Waals surface area contributed by atoms with E-state index in [2.05, 4.69) is 0 Å². The monoisotopic (exact) mass is 329 g/mol. The average molecular weight is 329 g/mol. The van der Waals surface area contributed by atoms with Crippen molar-refractivity contribution < 1.29 is 28.6 Å². The van der Waals surface area contributed by atoms with Crippen molar-refractivity contribution in [3.8, 4) is 0 Å². The van der Waals surface area contributed by atoms with Gasteiger partial charge >= 0.3 is 18.0 Å². The molecule has 1 heterocycles. The number of ether oxygens (including phenoxy) is 3. The van der Waals surface area contributed by atoms with Crippen LogP contribution < -0.4 is 0 Å². The van der Waals surface area contributed by atoms with Gasteiger partial charge in [-0.05, 0) is 41.5 Å². The van der Waals surface area contributed by atoms with Crippen LogP contribution in [0.4, 0.5) is 4.79 Å². The van der Waals surface area contributed by atoms with Crippen molar-refractivity contribution in [2.75, 3.05) is 20.2 Å². The molecule has 7 heteroatoms. The fourth-order valence-electron chi connectivity index (χ4n) is 2.29. The Balaban J connectivity index is 2.89. The van der Waals surface area contributed by atoms with Crippen LogP contribution >= 0.6 is 0 Å². The smallest absolute Gasteiger partial charge is 0.410 e. The third-order valence-electron chi connectivity index (χ3n) is 3.19. The number of amides is 1. The highest BCUT2D eigenvalue weighted by Crippen LogP contribution is 2.28. The predicted molar refractivity (Wildman–Crippen MR) is 82.6 cm³/mol. The summed E-state index contributed by atoms with van der Waals surface area (Å²) in [4.78, 5) is 37.8. The molecule has 0 saturated carbocycles. The van der Waals surface area contributed by atoms with Crippen molar-refractivity contribution in [3.05, 3.63) is 0 Å². The van der Waals surface area contributed by atoms with Gasteiger partial charge in [-0.25, -0.2) is 4.79 Å². The topological polar surface area (TPSA) is 82.1 Å². The molecule has 0 spiro atoms. The summed E-state index contributed by atoms with van der Waals surface area (Å²) in [5.74, 6) is -2.55. The van der Waals surface area contributed by atoms with Crippen molar-refractivity contribution in [2.24, 2.45) is 11.8 Å². The van der Waals surface area contributed by atoms with Crippen LogP contribution in [-0.4, -0.2) is 54.3 Å². The normalized spacial score (nSPS) is 21.8. The Morgan fingerprint density at radius 2 is 1.26 bits per heavy atom. The lowest BCUT2D eigenvalue weighted by atomic mass is 9.96. The van der Waals surface area contributed by atoms with Gasteiger partial charge in [-0.1, -0.05) is 0 Å². The predicted octanol–water partition coefficient (Wildman–Crippen LogP) is 1.98.